The van der Waals surface area contributed by atoms with Gasteiger partial charge in [-0.1, -0.05) is 86.6 Å². The molecule has 2 saturated heterocycles. The number of carbonyl (C=O) groups is 3. The van der Waals surface area contributed by atoms with Gasteiger partial charge in [0, 0.05) is 25.8 Å². The number of methoxy groups -OCH3 is 2. The maximum Gasteiger partial charge on any atom is 0.407 e. The van der Waals surface area contributed by atoms with Crippen LogP contribution in [0.1, 0.15) is 74.9 Å². The Balaban J connectivity index is 1.05. The molecule has 2 aliphatic rings. The topological polar surface area (TPSA) is 158 Å². The van der Waals surface area contributed by atoms with Crippen LogP contribution in [0.15, 0.2) is 91.1 Å². The Morgan fingerprint density at radius 3 is 2.21 bits per heavy atom. The normalized spacial score (nSPS) is 17.9. The first kappa shape index (κ1) is 38.8. The van der Waals surface area contributed by atoms with Gasteiger partial charge in [0.15, 0.2) is 0 Å². The molecule has 2 aromatic heterocycles. The third-order valence-electron chi connectivity index (χ3n) is 11.5. The largest absolute Gasteiger partial charge is 0.453 e. The number of imidazole rings is 2. The van der Waals surface area contributed by atoms with Gasteiger partial charge >= 0.3 is 6.09 Å². The number of hydrogen-bond donors (Lipinski definition) is 4. The van der Waals surface area contributed by atoms with E-state index in [0.717, 1.165) is 87.1 Å². The number of benzene rings is 4. The van der Waals surface area contributed by atoms with Crippen LogP contribution in [0.25, 0.3) is 44.2 Å². The third-order valence-corrected chi connectivity index (χ3v) is 11.5. The van der Waals surface area contributed by atoms with E-state index < -0.39 is 18.2 Å². The maximum absolute atomic E-state index is 14.1. The molecular weight excluding hydrogens is 733 g/mol. The summed E-state index contributed by atoms with van der Waals surface area (Å²) in [6, 6.07) is 27.0. The number of likely N-dealkylation sites (tertiary alicyclic amines) is 2. The summed E-state index contributed by atoms with van der Waals surface area (Å²) < 4.78 is 10.1. The van der Waals surface area contributed by atoms with Crippen molar-refractivity contribution in [3.63, 3.8) is 0 Å². The number of nitrogens with zero attached hydrogens (tertiary/aromatic N) is 4. The molecule has 8 rings (SSSR count). The zero-order valence-electron chi connectivity index (χ0n) is 33.3. The monoisotopic (exact) mass is 782 g/mol. The average Bonchev–Trinajstić information content (AvgIpc) is 4.09. The number of hydrogen-bond acceptors (Lipinski definition) is 8. The van der Waals surface area contributed by atoms with Gasteiger partial charge in [-0.05, 0) is 71.2 Å². The first-order valence-electron chi connectivity index (χ1n) is 20.1. The van der Waals surface area contributed by atoms with E-state index in [0.29, 0.717) is 13.1 Å². The van der Waals surface area contributed by atoms with Crippen molar-refractivity contribution in [3.05, 3.63) is 108 Å². The van der Waals surface area contributed by atoms with E-state index in [-0.39, 0.29) is 36.5 Å². The Morgan fingerprint density at radius 2 is 1.50 bits per heavy atom. The van der Waals surface area contributed by atoms with E-state index in [1.807, 2.05) is 66.2 Å². The van der Waals surface area contributed by atoms with E-state index in [9.17, 15) is 14.4 Å². The highest BCUT2D eigenvalue weighted by Crippen LogP contribution is 2.39. The Morgan fingerprint density at radius 1 is 0.810 bits per heavy atom. The summed E-state index contributed by atoms with van der Waals surface area (Å²) in [7, 11) is 2.91. The summed E-state index contributed by atoms with van der Waals surface area (Å²) in [5.74, 6) is 1.26. The fourth-order valence-electron chi connectivity index (χ4n) is 8.63. The van der Waals surface area contributed by atoms with E-state index in [2.05, 4.69) is 69.1 Å². The van der Waals surface area contributed by atoms with Crippen LogP contribution in [0.4, 0.5) is 4.79 Å². The smallest absolute Gasteiger partial charge is 0.407 e. The molecule has 300 valence electrons. The van der Waals surface area contributed by atoms with Crippen molar-refractivity contribution in [2.75, 3.05) is 34.0 Å². The Labute approximate surface area is 337 Å². The molecule has 3 amide bonds. The summed E-state index contributed by atoms with van der Waals surface area (Å²) in [6.07, 6.45) is 4.58. The number of amides is 3. The van der Waals surface area contributed by atoms with Gasteiger partial charge in [0.05, 0.1) is 48.8 Å². The highest BCUT2D eigenvalue weighted by Gasteiger charge is 2.38. The summed E-state index contributed by atoms with van der Waals surface area (Å²) >= 11 is 0. The average molecular weight is 783 g/mol. The van der Waals surface area contributed by atoms with Gasteiger partial charge in [-0.25, -0.2) is 14.8 Å². The predicted molar refractivity (Wildman–Crippen MR) is 222 cm³/mol. The van der Waals surface area contributed by atoms with Gasteiger partial charge in [-0.15, -0.1) is 0 Å². The maximum atomic E-state index is 14.1. The summed E-state index contributed by atoms with van der Waals surface area (Å²) in [5, 5.41) is 8.16. The van der Waals surface area contributed by atoms with Gasteiger partial charge in [0.2, 0.25) is 11.8 Å². The number of alkyl carbamates (subject to hydrolysis) is 1. The second-order valence-corrected chi connectivity index (χ2v) is 15.5. The van der Waals surface area contributed by atoms with Crippen LogP contribution in [0, 0.1) is 5.92 Å². The Kier molecular flexibility index (Phi) is 11.3. The number of H-pyrrole nitrogens is 2. The van der Waals surface area contributed by atoms with Crippen molar-refractivity contribution >= 4 is 39.7 Å². The molecule has 58 heavy (non-hydrogen) atoms. The number of rotatable bonds is 12. The second-order valence-electron chi connectivity index (χ2n) is 15.5. The van der Waals surface area contributed by atoms with E-state index >= 15 is 0 Å². The molecule has 6 aromatic rings. The molecule has 13 nitrogen and oxygen atoms in total. The first-order valence-corrected chi connectivity index (χ1v) is 20.1. The lowest BCUT2D eigenvalue weighted by Gasteiger charge is -2.29. The molecule has 4 aromatic carbocycles. The predicted octanol–water partition coefficient (Wildman–Crippen LogP) is 7.42. The number of fused-ring (bicyclic) bond motifs is 2. The Hall–Kier alpha value is -6.05. The van der Waals surface area contributed by atoms with Gasteiger partial charge < -0.3 is 34.6 Å². The molecule has 2 fully saturated rings. The quantitative estimate of drug-likeness (QED) is 0.0935. The lowest BCUT2D eigenvalue weighted by molar-refractivity contribution is -0.136. The van der Waals surface area contributed by atoms with Gasteiger partial charge in [-0.2, -0.15) is 0 Å². The van der Waals surface area contributed by atoms with Crippen LogP contribution < -0.4 is 10.6 Å². The zero-order chi connectivity index (χ0) is 40.3. The van der Waals surface area contributed by atoms with Crippen molar-refractivity contribution in [1.29, 1.82) is 0 Å². The summed E-state index contributed by atoms with van der Waals surface area (Å²) in [6.45, 7) is 5.32. The molecule has 4 unspecified atom stereocenters. The summed E-state index contributed by atoms with van der Waals surface area (Å²) in [5.41, 5.74) is 6.62. The lowest BCUT2D eigenvalue weighted by Crippen LogP contribution is -2.51. The molecule has 0 aliphatic carbocycles. The Bertz CT molecular complexity index is 2430. The van der Waals surface area contributed by atoms with Crippen molar-refractivity contribution < 1.29 is 23.9 Å². The highest BCUT2D eigenvalue weighted by atomic mass is 16.5. The molecule has 2 aliphatic heterocycles. The number of aromatic amines is 2. The molecule has 0 radical (unpaired) electrons. The van der Waals surface area contributed by atoms with Crippen LogP contribution >= 0.6 is 0 Å². The fraction of sp³-hybridized carbons (Fsp3) is 0.356. The molecule has 0 saturated carbocycles. The van der Waals surface area contributed by atoms with Crippen molar-refractivity contribution in [3.8, 4) is 22.4 Å². The highest BCUT2D eigenvalue weighted by molar-refractivity contribution is 6.04. The zero-order valence-corrected chi connectivity index (χ0v) is 33.3. The number of ether oxygens (including phenoxy) is 2. The van der Waals surface area contributed by atoms with Crippen molar-refractivity contribution in [1.82, 2.24) is 40.4 Å². The van der Waals surface area contributed by atoms with Crippen molar-refractivity contribution in [2.24, 2.45) is 5.92 Å². The molecule has 0 bridgehead atoms. The number of aromatic nitrogens is 4. The fourth-order valence-corrected chi connectivity index (χ4v) is 8.63. The molecule has 4 N–H and O–H groups in total. The number of nitrogens with one attached hydrogen (secondary N) is 4. The van der Waals surface area contributed by atoms with Crippen molar-refractivity contribution in [2.45, 2.75) is 63.7 Å². The number of carbonyl (C=O) groups excluding carboxylic acids is 3. The van der Waals surface area contributed by atoms with Gasteiger partial charge in [-0.3, -0.25) is 14.9 Å². The minimum Gasteiger partial charge on any atom is -0.453 e. The SMILES string of the molecule is COCNC(C(=O)N1CCCC1c1ncc(-c2cccc3c(-c4ccc5nc(C6CCCN6C(=O)C(NC(=O)OC)C(C)C)[nH]c5c4)cccc23)[nH]1)c1ccccc1. The van der Waals surface area contributed by atoms with Crippen LogP contribution in [0.2, 0.25) is 0 Å². The summed E-state index contributed by atoms with van der Waals surface area (Å²) in [4.78, 5) is 60.6. The van der Waals surface area contributed by atoms with Crippen LogP contribution in [0.3, 0.4) is 0 Å². The van der Waals surface area contributed by atoms with E-state index in [4.69, 9.17) is 19.4 Å². The molecule has 4 heterocycles. The van der Waals surface area contributed by atoms with Crippen LogP contribution in [-0.4, -0.2) is 87.7 Å². The molecule has 0 spiro atoms. The molecule has 4 atom stereocenters. The van der Waals surface area contributed by atoms with Crippen LogP contribution in [0.5, 0.6) is 0 Å². The first-order chi connectivity index (χ1) is 28.2. The molecular formula is C45H50N8O5. The van der Waals surface area contributed by atoms with E-state index in [1.165, 1.54) is 7.11 Å². The minimum absolute atomic E-state index is 0.00150. The second kappa shape index (κ2) is 16.8. The van der Waals surface area contributed by atoms with E-state index in [1.54, 1.807) is 7.11 Å². The van der Waals surface area contributed by atoms with Crippen LogP contribution in [-0.2, 0) is 19.1 Å². The third kappa shape index (κ3) is 7.54. The van der Waals surface area contributed by atoms with Gasteiger partial charge in [0.25, 0.3) is 0 Å². The molecule has 13 heteroatoms. The lowest BCUT2D eigenvalue weighted by atomic mass is 9.94. The minimum atomic E-state index is -0.697. The van der Waals surface area contributed by atoms with Gasteiger partial charge in [0.1, 0.15) is 23.7 Å². The standard InChI is InChI=1S/C45H50N8O5/c1-27(2)39(51-45(56)58-4)43(54)53-23-11-19-38(53)42-48-34-21-20-29(24-35(34)49-42)30-14-8-16-32-31(30)15-9-17-33(32)36-25-46-41(50-36)37-18-10-22-52(37)44(55)40(47-26-57-3)28-12-6-5-7-13-28/h5-9,12-17,20-21,24-25,27,37-40,47H,10-11,18-19,22-23,26H2,1-4H3,(H,46,50)(H,48,49)(H,51,56).